The third kappa shape index (κ3) is 2.53. The summed E-state index contributed by atoms with van der Waals surface area (Å²) in [6.07, 6.45) is 5.15. The Morgan fingerprint density at radius 1 is 1.23 bits per heavy atom. The van der Waals surface area contributed by atoms with Crippen molar-refractivity contribution in [3.63, 3.8) is 0 Å². The maximum absolute atomic E-state index is 11.5. The zero-order chi connectivity index (χ0) is 15.7. The molecule has 0 unspecified atom stereocenters. The SMILES string of the molecule is COC(=O)c1ccc(-n2ccc3cc([S@@](C)=O)cnc32)cc1. The molecule has 2 aromatic heterocycles. The standard InChI is InChI=1S/C16H14N2O3S/c1-21-16(19)11-3-5-13(6-4-11)18-8-7-12-9-14(22(2)20)10-17-15(12)18/h3-10H,1-2H3/t22-/m1/s1. The number of rotatable bonds is 3. The molecule has 0 N–H and O–H groups in total. The number of hydrogen-bond donors (Lipinski definition) is 0. The Labute approximate surface area is 130 Å². The van der Waals surface area contributed by atoms with E-state index in [1.807, 2.05) is 35.0 Å². The van der Waals surface area contributed by atoms with Gasteiger partial charge in [0.15, 0.2) is 0 Å². The number of aromatic nitrogens is 2. The van der Waals surface area contributed by atoms with Crippen LogP contribution in [0.1, 0.15) is 10.4 Å². The van der Waals surface area contributed by atoms with Gasteiger partial charge < -0.3 is 9.30 Å². The van der Waals surface area contributed by atoms with Crippen molar-refractivity contribution < 1.29 is 13.7 Å². The highest BCUT2D eigenvalue weighted by molar-refractivity contribution is 7.84. The molecule has 5 nitrogen and oxygen atoms in total. The van der Waals surface area contributed by atoms with Crippen LogP contribution >= 0.6 is 0 Å². The highest BCUT2D eigenvalue weighted by Crippen LogP contribution is 2.21. The molecule has 1 aromatic carbocycles. The van der Waals surface area contributed by atoms with Crippen molar-refractivity contribution in [2.45, 2.75) is 4.90 Å². The topological polar surface area (TPSA) is 61.2 Å². The number of fused-ring (bicyclic) bond motifs is 1. The molecule has 22 heavy (non-hydrogen) atoms. The molecule has 0 aliphatic rings. The molecule has 0 saturated carbocycles. The smallest absolute Gasteiger partial charge is 0.337 e. The number of hydrogen-bond acceptors (Lipinski definition) is 4. The van der Waals surface area contributed by atoms with E-state index in [0.29, 0.717) is 10.5 Å². The molecule has 112 valence electrons. The quantitative estimate of drug-likeness (QED) is 0.697. The number of carbonyl (C=O) groups is 1. The summed E-state index contributed by atoms with van der Waals surface area (Å²) in [5, 5.41) is 0.921. The first kappa shape index (κ1) is 14.5. The third-order valence-electron chi connectivity index (χ3n) is 3.40. The normalized spacial score (nSPS) is 12.3. The molecule has 0 amide bonds. The van der Waals surface area contributed by atoms with Gasteiger partial charge in [-0.3, -0.25) is 4.21 Å². The number of nitrogens with zero attached hydrogens (tertiary/aromatic N) is 2. The second-order valence-corrected chi connectivity index (χ2v) is 6.14. The monoisotopic (exact) mass is 314 g/mol. The van der Waals surface area contributed by atoms with E-state index >= 15 is 0 Å². The van der Waals surface area contributed by atoms with Gasteiger partial charge in [-0.2, -0.15) is 0 Å². The molecule has 0 radical (unpaired) electrons. The van der Waals surface area contributed by atoms with E-state index in [0.717, 1.165) is 16.7 Å². The van der Waals surface area contributed by atoms with Crippen LogP contribution in [0.25, 0.3) is 16.7 Å². The number of carbonyl (C=O) groups excluding carboxylic acids is 1. The fraction of sp³-hybridized carbons (Fsp3) is 0.125. The van der Waals surface area contributed by atoms with Crippen LogP contribution < -0.4 is 0 Å². The van der Waals surface area contributed by atoms with E-state index < -0.39 is 10.8 Å². The molecule has 3 aromatic rings. The Morgan fingerprint density at radius 2 is 1.95 bits per heavy atom. The lowest BCUT2D eigenvalue weighted by Crippen LogP contribution is -2.01. The first-order valence-electron chi connectivity index (χ1n) is 6.59. The van der Waals surface area contributed by atoms with Gasteiger partial charge in [0.2, 0.25) is 0 Å². The number of methoxy groups -OCH3 is 1. The molecule has 0 fully saturated rings. The lowest BCUT2D eigenvalue weighted by molar-refractivity contribution is 0.0601. The van der Waals surface area contributed by atoms with Crippen LogP contribution in [0, 0.1) is 0 Å². The number of ether oxygens (including phenoxy) is 1. The van der Waals surface area contributed by atoms with Gasteiger partial charge >= 0.3 is 5.97 Å². The largest absolute Gasteiger partial charge is 0.465 e. The summed E-state index contributed by atoms with van der Waals surface area (Å²) in [6, 6.07) is 10.9. The van der Waals surface area contributed by atoms with E-state index in [-0.39, 0.29) is 5.97 Å². The third-order valence-corrected chi connectivity index (χ3v) is 4.29. The fourth-order valence-electron chi connectivity index (χ4n) is 2.25. The maximum atomic E-state index is 11.5. The van der Waals surface area contributed by atoms with Crippen molar-refractivity contribution in [1.29, 1.82) is 0 Å². The molecule has 1 atom stereocenters. The molecule has 2 heterocycles. The highest BCUT2D eigenvalue weighted by atomic mass is 32.2. The van der Waals surface area contributed by atoms with E-state index in [4.69, 9.17) is 0 Å². The minimum atomic E-state index is -1.05. The van der Waals surface area contributed by atoms with Gasteiger partial charge in [-0.25, -0.2) is 9.78 Å². The summed E-state index contributed by atoms with van der Waals surface area (Å²) in [6.45, 7) is 0. The summed E-state index contributed by atoms with van der Waals surface area (Å²) < 4.78 is 18.1. The van der Waals surface area contributed by atoms with Gasteiger partial charge in [-0.15, -0.1) is 0 Å². The molecule has 0 saturated heterocycles. The van der Waals surface area contributed by atoms with Crippen LogP contribution in [-0.2, 0) is 15.5 Å². The van der Waals surface area contributed by atoms with Crippen LogP contribution in [0.3, 0.4) is 0 Å². The number of pyridine rings is 1. The van der Waals surface area contributed by atoms with Crippen LogP contribution in [0.2, 0.25) is 0 Å². The lowest BCUT2D eigenvalue weighted by Gasteiger charge is -2.06. The number of esters is 1. The fourth-order valence-corrected chi connectivity index (χ4v) is 2.74. The minimum absolute atomic E-state index is 0.364. The Hall–Kier alpha value is -2.47. The molecular formula is C16H14N2O3S. The maximum Gasteiger partial charge on any atom is 0.337 e. The van der Waals surface area contributed by atoms with E-state index in [9.17, 15) is 9.00 Å². The zero-order valence-electron chi connectivity index (χ0n) is 12.1. The van der Waals surface area contributed by atoms with Crippen LogP contribution in [-0.4, -0.2) is 33.1 Å². The van der Waals surface area contributed by atoms with Gasteiger partial charge in [0.1, 0.15) is 5.65 Å². The zero-order valence-corrected chi connectivity index (χ0v) is 13.0. The second-order valence-electron chi connectivity index (χ2n) is 4.76. The van der Waals surface area contributed by atoms with Gasteiger partial charge in [0.25, 0.3) is 0 Å². The molecule has 0 bridgehead atoms. The van der Waals surface area contributed by atoms with Gasteiger partial charge in [0.05, 0.1) is 28.4 Å². The first-order chi connectivity index (χ1) is 10.6. The summed E-state index contributed by atoms with van der Waals surface area (Å²) in [5.74, 6) is -0.364. The summed E-state index contributed by atoms with van der Waals surface area (Å²) in [4.78, 5) is 16.5. The molecule has 0 spiro atoms. The van der Waals surface area contributed by atoms with Crippen LogP contribution in [0.5, 0.6) is 0 Å². The van der Waals surface area contributed by atoms with Crippen molar-refractivity contribution in [1.82, 2.24) is 9.55 Å². The van der Waals surface area contributed by atoms with Crippen LogP contribution in [0.4, 0.5) is 0 Å². The Bertz CT molecular complexity index is 869. The minimum Gasteiger partial charge on any atom is -0.465 e. The van der Waals surface area contributed by atoms with Crippen molar-refractivity contribution in [2.24, 2.45) is 0 Å². The lowest BCUT2D eigenvalue weighted by atomic mass is 10.2. The summed E-state index contributed by atoms with van der Waals surface area (Å²) in [5.41, 5.74) is 2.17. The van der Waals surface area contributed by atoms with Crippen molar-refractivity contribution in [3.05, 3.63) is 54.4 Å². The Morgan fingerprint density at radius 3 is 2.59 bits per heavy atom. The van der Waals surface area contributed by atoms with Crippen molar-refractivity contribution in [2.75, 3.05) is 13.4 Å². The molecule has 0 aliphatic carbocycles. The average molecular weight is 314 g/mol. The van der Waals surface area contributed by atoms with Crippen molar-refractivity contribution >= 4 is 27.8 Å². The summed E-state index contributed by atoms with van der Waals surface area (Å²) in [7, 11) is 0.303. The Kier molecular flexibility index (Phi) is 3.77. The molecular weight excluding hydrogens is 300 g/mol. The van der Waals surface area contributed by atoms with Gasteiger partial charge in [-0.1, -0.05) is 0 Å². The predicted octanol–water partition coefficient (Wildman–Crippen LogP) is 2.55. The molecule has 3 rings (SSSR count). The van der Waals surface area contributed by atoms with E-state index in [2.05, 4.69) is 9.72 Å². The second kappa shape index (κ2) is 5.73. The summed E-state index contributed by atoms with van der Waals surface area (Å²) >= 11 is 0. The van der Waals surface area contributed by atoms with Crippen molar-refractivity contribution in [3.8, 4) is 5.69 Å². The van der Waals surface area contributed by atoms with Gasteiger partial charge in [0, 0.05) is 29.7 Å². The highest BCUT2D eigenvalue weighted by Gasteiger charge is 2.09. The van der Waals surface area contributed by atoms with Gasteiger partial charge in [-0.05, 0) is 36.4 Å². The van der Waals surface area contributed by atoms with E-state index in [1.54, 1.807) is 24.6 Å². The Balaban J connectivity index is 2.03. The molecule has 0 aliphatic heterocycles. The van der Waals surface area contributed by atoms with E-state index in [1.165, 1.54) is 7.11 Å². The predicted molar refractivity (Wildman–Crippen MR) is 84.7 cm³/mol. The first-order valence-corrected chi connectivity index (χ1v) is 8.15. The average Bonchev–Trinajstić information content (AvgIpc) is 2.97. The number of benzene rings is 1. The van der Waals surface area contributed by atoms with Crippen LogP contribution in [0.15, 0.2) is 53.7 Å². The molecule has 6 heteroatoms.